The van der Waals surface area contributed by atoms with Crippen LogP contribution in [0.25, 0.3) is 55.0 Å². The van der Waals surface area contributed by atoms with Crippen LogP contribution in [0.3, 0.4) is 0 Å². The number of allylic oxidation sites excluding steroid dienone is 2. The smallest absolute Gasteiger partial charge is 0 e. The molecule has 8 heteroatoms. The molecule has 277 valence electrons. The van der Waals surface area contributed by atoms with Crippen LogP contribution < -0.4 is 4.40 Å². The Morgan fingerprint density at radius 3 is 2.17 bits per heavy atom. The Kier molecular flexibility index (Phi) is 12.4. The molecule has 3 aromatic carbocycles. The fraction of sp³-hybridized carbons (Fsp3) is 0.409. The summed E-state index contributed by atoms with van der Waals surface area (Å²) < 4.78 is 7.85. The molecule has 3 heterocycles. The molecule has 0 amide bonds. The van der Waals surface area contributed by atoms with Gasteiger partial charge in [0.15, 0.2) is 5.78 Å². The topological polar surface area (TPSA) is 89.1 Å². The monoisotopic (exact) mass is 939 g/mol. The minimum absolute atomic E-state index is 0. The Balaban J connectivity index is 0.000000323. The summed E-state index contributed by atoms with van der Waals surface area (Å²) in [6.45, 7) is 20.1. The largest absolute Gasteiger partial charge is 0 e. The van der Waals surface area contributed by atoms with E-state index in [-0.39, 0.29) is 48.4 Å². The molecule has 0 fully saturated rings. The van der Waals surface area contributed by atoms with Gasteiger partial charge in [0.2, 0.25) is 0 Å². The van der Waals surface area contributed by atoms with Crippen molar-refractivity contribution >= 4 is 67.2 Å². The molecule has 6 nitrogen and oxygen atoms in total. The van der Waals surface area contributed by atoms with Crippen LogP contribution in [0.4, 0.5) is 0 Å². The van der Waals surface area contributed by atoms with E-state index in [0.29, 0.717) is 5.71 Å². The summed E-state index contributed by atoms with van der Waals surface area (Å²) in [4.78, 5) is 26.8. The van der Waals surface area contributed by atoms with Gasteiger partial charge in [-0.15, -0.1) is 0 Å². The number of nitrogens with zero attached hydrogens (tertiary/aromatic N) is 3. The molecule has 1 N–H and O–H groups in total. The molecule has 0 aliphatic rings. The average molecular weight is 938 g/mol. The van der Waals surface area contributed by atoms with Crippen LogP contribution in [-0.4, -0.2) is 39.1 Å². The van der Waals surface area contributed by atoms with Gasteiger partial charge in [-0.1, -0.05) is 41.5 Å². The molecule has 0 saturated carbocycles. The maximum absolute atomic E-state index is 11.9. The van der Waals surface area contributed by atoms with E-state index in [1.54, 1.807) is 0 Å². The van der Waals surface area contributed by atoms with Crippen molar-refractivity contribution in [2.24, 2.45) is 10.8 Å². The van der Waals surface area contributed by atoms with Gasteiger partial charge in [0.05, 0.1) is 0 Å². The van der Waals surface area contributed by atoms with Crippen LogP contribution in [0.2, 0.25) is 17.3 Å². The summed E-state index contributed by atoms with van der Waals surface area (Å²) in [5, 5.41) is 15.3. The molecule has 0 saturated heterocycles. The molecule has 0 unspecified atom stereocenters. The van der Waals surface area contributed by atoms with E-state index in [2.05, 4.69) is 79.4 Å². The van der Waals surface area contributed by atoms with Crippen LogP contribution in [0.1, 0.15) is 91.2 Å². The standard InChI is InChI=1S/C31H30GeN3O.C13H24O2.Ir/c1-17(2)30-34-27(25-10-8-9-22-23-13-11-19(4)33-31(23)36-29(22)25)24-14-12-20-16-21(32(5,6)7)15-18(3)26(20)28(24)35-30;1-7-13(6,8-2)11(15)9-10(14)12(3,4)5;/h8-9,11-17H,1-7H3;9,14H,7-8H2,1-6H3;/q-1;;/b;10-9-;. The molecular weight excluding hydrogens is 883 g/mol. The number of rotatable bonds is 7. The summed E-state index contributed by atoms with van der Waals surface area (Å²) in [6.07, 6.45) is 3.00. The fourth-order valence-electron chi connectivity index (χ4n) is 6.16. The minimum Gasteiger partial charge on any atom is 0 e. The number of hydrogen-bond donors (Lipinski definition) is 1. The summed E-state index contributed by atoms with van der Waals surface area (Å²) in [6, 6.07) is 20.7. The molecule has 0 aliphatic carbocycles. The fourth-order valence-corrected chi connectivity index (χ4v) is 8.76. The Labute approximate surface area is 325 Å². The predicted octanol–water partition coefficient (Wildman–Crippen LogP) is 11.7. The van der Waals surface area contributed by atoms with E-state index < -0.39 is 13.3 Å². The Morgan fingerprint density at radius 1 is 0.923 bits per heavy atom. The maximum atomic E-state index is 11.9. The third-order valence-corrected chi connectivity index (χ3v) is 14.5. The number of aryl methyl sites for hydroxylation is 2. The van der Waals surface area contributed by atoms with Gasteiger partial charge >= 0.3 is 196 Å². The SMILES string of the molecule is CCC(C)(CC)C(=O)/C=C(\O)C(C)(C)C.Cc1ccc2c(n1)oc1c(-c3nc(C(C)C)nc4c3ccc3c[c]([Ge]([CH3])([CH3])[CH3])cc(C)c34)[c-]ccc12.[Ir]. The van der Waals surface area contributed by atoms with Crippen molar-refractivity contribution in [2.45, 2.75) is 105 Å². The number of carbonyl (C=O) groups excluding carboxylic acids is 1. The van der Waals surface area contributed by atoms with E-state index in [1.165, 1.54) is 26.8 Å². The Bertz CT molecular complexity index is 2300. The first-order valence-corrected chi connectivity index (χ1v) is 25.5. The first-order valence-electron chi connectivity index (χ1n) is 18.2. The number of pyridine rings is 1. The molecule has 6 rings (SSSR count). The van der Waals surface area contributed by atoms with Gasteiger partial charge in [-0.3, -0.25) is 4.79 Å². The number of aromatic nitrogens is 3. The number of benzene rings is 3. The van der Waals surface area contributed by atoms with Crippen molar-refractivity contribution in [3.63, 3.8) is 0 Å². The van der Waals surface area contributed by atoms with Crippen LogP contribution in [-0.2, 0) is 24.9 Å². The number of fused-ring (bicyclic) bond motifs is 6. The van der Waals surface area contributed by atoms with E-state index in [0.717, 1.165) is 62.9 Å². The zero-order valence-electron chi connectivity index (χ0n) is 33.1. The maximum Gasteiger partial charge on any atom is 0 e. The zero-order valence-corrected chi connectivity index (χ0v) is 37.6. The molecule has 0 aliphatic heterocycles. The van der Waals surface area contributed by atoms with E-state index in [1.807, 2.05) is 66.7 Å². The van der Waals surface area contributed by atoms with Crippen LogP contribution in [0, 0.1) is 30.7 Å². The summed E-state index contributed by atoms with van der Waals surface area (Å²) in [5.41, 5.74) is 5.67. The van der Waals surface area contributed by atoms with Crippen molar-refractivity contribution in [1.82, 2.24) is 15.0 Å². The average Bonchev–Trinajstić information content (AvgIpc) is 3.44. The van der Waals surface area contributed by atoms with Crippen molar-refractivity contribution < 1.29 is 34.4 Å². The number of furan rings is 1. The first-order chi connectivity index (χ1) is 23.8. The Hall–Kier alpha value is -3.39. The molecule has 0 spiro atoms. The van der Waals surface area contributed by atoms with Gasteiger partial charge in [-0.2, -0.15) is 0 Å². The summed E-state index contributed by atoms with van der Waals surface area (Å²) >= 11 is -1.98. The third-order valence-electron chi connectivity index (χ3n) is 10.2. The third kappa shape index (κ3) is 8.22. The molecule has 3 aromatic heterocycles. The second kappa shape index (κ2) is 15.5. The van der Waals surface area contributed by atoms with Gasteiger partial charge in [0, 0.05) is 42.7 Å². The van der Waals surface area contributed by atoms with Crippen molar-refractivity contribution in [2.75, 3.05) is 0 Å². The molecule has 0 bridgehead atoms. The summed E-state index contributed by atoms with van der Waals surface area (Å²) in [5.74, 6) is 8.54. The molecule has 1 radical (unpaired) electrons. The molecule has 52 heavy (non-hydrogen) atoms. The van der Waals surface area contributed by atoms with Gasteiger partial charge < -0.3 is 5.11 Å². The van der Waals surface area contributed by atoms with E-state index >= 15 is 0 Å². The van der Waals surface area contributed by atoms with Crippen molar-refractivity contribution in [3.8, 4) is 11.3 Å². The number of carbonyl (C=O) groups is 1. The van der Waals surface area contributed by atoms with Gasteiger partial charge in [-0.05, 0) is 25.8 Å². The number of aliphatic hydroxyl groups excluding tert-OH is 1. The van der Waals surface area contributed by atoms with E-state index in [4.69, 9.17) is 14.4 Å². The second-order valence-corrected chi connectivity index (χ2v) is 27.3. The Morgan fingerprint density at radius 2 is 1.58 bits per heavy atom. The van der Waals surface area contributed by atoms with E-state index in [9.17, 15) is 9.90 Å². The molecular formula is C44H54GeIrN3O3-. The first kappa shape index (κ1) is 41.4. The van der Waals surface area contributed by atoms with Crippen LogP contribution in [0.5, 0.6) is 0 Å². The van der Waals surface area contributed by atoms with Gasteiger partial charge in [0.25, 0.3) is 0 Å². The predicted molar refractivity (Wildman–Crippen MR) is 217 cm³/mol. The van der Waals surface area contributed by atoms with Crippen molar-refractivity contribution in [3.05, 3.63) is 83.5 Å². The number of aliphatic hydroxyl groups is 1. The molecule has 0 atom stereocenters. The summed E-state index contributed by atoms with van der Waals surface area (Å²) in [7, 11) is 0. The van der Waals surface area contributed by atoms with Crippen LogP contribution in [0.15, 0.2) is 64.8 Å². The number of hydrogen-bond acceptors (Lipinski definition) is 6. The minimum atomic E-state index is -1.98. The number of ketones is 1. The zero-order chi connectivity index (χ0) is 37.6. The quantitative estimate of drug-likeness (QED) is 0.0564. The normalized spacial score (nSPS) is 12.8. The second-order valence-electron chi connectivity index (χ2n) is 16.6. The van der Waals surface area contributed by atoms with Gasteiger partial charge in [0.1, 0.15) is 5.76 Å². The van der Waals surface area contributed by atoms with Crippen molar-refractivity contribution in [1.29, 1.82) is 0 Å². The van der Waals surface area contributed by atoms with Gasteiger partial charge in [-0.25, -0.2) is 0 Å². The molecule has 6 aromatic rings. The van der Waals surface area contributed by atoms with Crippen LogP contribution >= 0.6 is 0 Å².